The summed E-state index contributed by atoms with van der Waals surface area (Å²) in [6.07, 6.45) is 0. The summed E-state index contributed by atoms with van der Waals surface area (Å²) in [5.74, 6) is -0.200. The summed E-state index contributed by atoms with van der Waals surface area (Å²) in [7, 11) is 1.30. The number of hydrogen-bond acceptors (Lipinski definition) is 5. The molecule has 1 amide bonds. The van der Waals surface area contributed by atoms with Crippen LogP contribution in [0.4, 0.5) is 17.1 Å². The van der Waals surface area contributed by atoms with E-state index in [-0.39, 0.29) is 18.6 Å². The van der Waals surface area contributed by atoms with Gasteiger partial charge in [-0.05, 0) is 68.4 Å². The van der Waals surface area contributed by atoms with Gasteiger partial charge in [-0.15, -0.1) is 0 Å². The summed E-state index contributed by atoms with van der Waals surface area (Å²) in [5.41, 5.74) is 3.20. The van der Waals surface area contributed by atoms with Crippen LogP contribution >= 0.6 is 0 Å². The molecule has 3 aromatic rings. The molecule has 0 aliphatic rings. The molecule has 3 aromatic carbocycles. The van der Waals surface area contributed by atoms with Gasteiger partial charge >= 0.3 is 5.97 Å². The van der Waals surface area contributed by atoms with Crippen LogP contribution in [-0.2, 0) is 9.53 Å². The molecule has 160 valence electrons. The smallest absolute Gasteiger partial charge is 0.343 e. The number of ether oxygens (including phenoxy) is 2. The molecule has 0 aliphatic heterocycles. The average molecular weight is 418 g/mol. The summed E-state index contributed by atoms with van der Waals surface area (Å²) < 4.78 is 9.99. The Morgan fingerprint density at radius 1 is 0.903 bits per heavy atom. The number of nitrogens with one attached hydrogen (secondary N) is 1. The number of carbonyl (C=O) groups is 2. The van der Waals surface area contributed by atoms with E-state index in [1.807, 2.05) is 68.4 Å². The van der Waals surface area contributed by atoms with Crippen LogP contribution in [0.15, 0.2) is 78.9 Å². The quantitative estimate of drug-likeness (QED) is 0.519. The average Bonchev–Trinajstić information content (AvgIpc) is 2.79. The number of benzene rings is 3. The topological polar surface area (TPSA) is 67.9 Å². The van der Waals surface area contributed by atoms with Crippen molar-refractivity contribution < 1.29 is 19.1 Å². The molecule has 0 heterocycles. The minimum absolute atomic E-state index is 0.0555. The van der Waals surface area contributed by atoms with Gasteiger partial charge in [0, 0.05) is 28.7 Å². The first kappa shape index (κ1) is 21.9. The molecule has 6 nitrogen and oxygen atoms in total. The number of hydrogen-bond donors (Lipinski definition) is 1. The highest BCUT2D eigenvalue weighted by molar-refractivity contribution is 6.06. The van der Waals surface area contributed by atoms with Crippen molar-refractivity contribution in [1.82, 2.24) is 0 Å². The minimum Gasteiger partial charge on any atom is -0.482 e. The number of anilines is 3. The van der Waals surface area contributed by atoms with Crippen molar-refractivity contribution in [2.24, 2.45) is 0 Å². The summed E-state index contributed by atoms with van der Waals surface area (Å²) >= 11 is 0. The van der Waals surface area contributed by atoms with E-state index in [9.17, 15) is 9.59 Å². The van der Waals surface area contributed by atoms with Gasteiger partial charge in [-0.2, -0.15) is 0 Å². The van der Waals surface area contributed by atoms with Crippen molar-refractivity contribution in [3.63, 3.8) is 0 Å². The van der Waals surface area contributed by atoms with Crippen molar-refractivity contribution >= 4 is 28.9 Å². The van der Waals surface area contributed by atoms with Crippen molar-refractivity contribution in [2.75, 3.05) is 23.9 Å². The number of rotatable bonds is 8. The Labute approximate surface area is 182 Å². The van der Waals surface area contributed by atoms with Crippen LogP contribution in [0.1, 0.15) is 24.2 Å². The lowest BCUT2D eigenvalue weighted by molar-refractivity contribution is -0.142. The molecule has 0 unspecified atom stereocenters. The molecule has 1 N–H and O–H groups in total. The van der Waals surface area contributed by atoms with Gasteiger partial charge in [0.15, 0.2) is 6.61 Å². The Bertz CT molecular complexity index is 1020. The zero-order chi connectivity index (χ0) is 22.2. The second-order valence-corrected chi connectivity index (χ2v) is 7.20. The Morgan fingerprint density at radius 2 is 1.58 bits per heavy atom. The second-order valence-electron chi connectivity index (χ2n) is 7.20. The van der Waals surface area contributed by atoms with E-state index in [0.717, 1.165) is 17.1 Å². The maximum atomic E-state index is 13.3. The van der Waals surface area contributed by atoms with E-state index >= 15 is 0 Å². The van der Waals surface area contributed by atoms with Gasteiger partial charge in [0.2, 0.25) is 0 Å². The molecule has 0 bridgehead atoms. The highest BCUT2D eigenvalue weighted by atomic mass is 16.6. The Morgan fingerprint density at radius 3 is 2.23 bits per heavy atom. The molecule has 31 heavy (non-hydrogen) atoms. The fourth-order valence-corrected chi connectivity index (χ4v) is 3.10. The van der Waals surface area contributed by atoms with E-state index in [1.165, 1.54) is 7.11 Å². The SMILES string of the molecule is COC(=O)COc1cccc(C(=O)N(c2ccc(Nc3ccccc3)cc2)C(C)C)c1. The van der Waals surface area contributed by atoms with E-state index in [4.69, 9.17) is 4.74 Å². The number of esters is 1. The Kier molecular flexibility index (Phi) is 7.27. The first-order valence-corrected chi connectivity index (χ1v) is 10.0. The lowest BCUT2D eigenvalue weighted by Crippen LogP contribution is -2.37. The van der Waals surface area contributed by atoms with Crippen LogP contribution < -0.4 is 15.0 Å². The summed E-state index contributed by atoms with van der Waals surface area (Å²) in [6.45, 7) is 3.72. The lowest BCUT2D eigenvalue weighted by atomic mass is 10.1. The summed E-state index contributed by atoms with van der Waals surface area (Å²) in [4.78, 5) is 26.3. The van der Waals surface area contributed by atoms with Crippen LogP contribution in [0, 0.1) is 0 Å². The summed E-state index contributed by atoms with van der Waals surface area (Å²) in [5, 5.41) is 3.34. The zero-order valence-corrected chi connectivity index (χ0v) is 17.9. The highest BCUT2D eigenvalue weighted by Gasteiger charge is 2.21. The molecule has 0 radical (unpaired) electrons. The Hall–Kier alpha value is -3.80. The van der Waals surface area contributed by atoms with Crippen molar-refractivity contribution in [3.8, 4) is 5.75 Å². The minimum atomic E-state index is -0.482. The molecular weight excluding hydrogens is 392 g/mol. The third-order valence-corrected chi connectivity index (χ3v) is 4.61. The fraction of sp³-hybridized carbons (Fsp3) is 0.200. The highest BCUT2D eigenvalue weighted by Crippen LogP contribution is 2.25. The Balaban J connectivity index is 1.77. The normalized spacial score (nSPS) is 10.5. The fourth-order valence-electron chi connectivity index (χ4n) is 3.10. The molecule has 0 atom stereocenters. The van der Waals surface area contributed by atoms with E-state index < -0.39 is 5.97 Å². The van der Waals surface area contributed by atoms with Crippen LogP contribution in [0.5, 0.6) is 5.75 Å². The van der Waals surface area contributed by atoms with E-state index in [1.54, 1.807) is 29.2 Å². The van der Waals surface area contributed by atoms with Gasteiger partial charge < -0.3 is 19.7 Å². The molecular formula is C25H26N2O4. The predicted molar refractivity (Wildman–Crippen MR) is 122 cm³/mol. The molecule has 3 rings (SSSR count). The molecule has 0 saturated carbocycles. The zero-order valence-electron chi connectivity index (χ0n) is 17.9. The largest absolute Gasteiger partial charge is 0.482 e. The van der Waals surface area contributed by atoms with Crippen LogP contribution in [0.2, 0.25) is 0 Å². The number of carbonyl (C=O) groups excluding carboxylic acids is 2. The second kappa shape index (κ2) is 10.3. The molecule has 0 fully saturated rings. The van der Waals surface area contributed by atoms with Gasteiger partial charge in [0.25, 0.3) is 5.91 Å². The van der Waals surface area contributed by atoms with Gasteiger partial charge in [0.05, 0.1) is 7.11 Å². The van der Waals surface area contributed by atoms with Crippen molar-refractivity contribution in [3.05, 3.63) is 84.4 Å². The summed E-state index contributed by atoms with van der Waals surface area (Å²) in [6, 6.07) is 24.4. The van der Waals surface area contributed by atoms with Gasteiger partial charge in [-0.3, -0.25) is 4.79 Å². The van der Waals surface area contributed by atoms with E-state index in [2.05, 4.69) is 10.1 Å². The van der Waals surface area contributed by atoms with Crippen LogP contribution in [-0.4, -0.2) is 31.6 Å². The molecule has 0 aromatic heterocycles. The molecule has 0 aliphatic carbocycles. The molecule has 0 saturated heterocycles. The maximum absolute atomic E-state index is 13.3. The van der Waals surface area contributed by atoms with Gasteiger partial charge in [-0.1, -0.05) is 24.3 Å². The van der Waals surface area contributed by atoms with Gasteiger partial charge in [0.1, 0.15) is 5.75 Å². The van der Waals surface area contributed by atoms with Gasteiger partial charge in [-0.25, -0.2) is 4.79 Å². The lowest BCUT2D eigenvalue weighted by Gasteiger charge is -2.27. The first-order chi connectivity index (χ1) is 15.0. The number of para-hydroxylation sites is 1. The van der Waals surface area contributed by atoms with Crippen LogP contribution in [0.3, 0.4) is 0 Å². The van der Waals surface area contributed by atoms with E-state index in [0.29, 0.717) is 11.3 Å². The van der Waals surface area contributed by atoms with Crippen molar-refractivity contribution in [1.29, 1.82) is 0 Å². The van der Waals surface area contributed by atoms with Crippen molar-refractivity contribution in [2.45, 2.75) is 19.9 Å². The van der Waals surface area contributed by atoms with Crippen LogP contribution in [0.25, 0.3) is 0 Å². The number of methoxy groups -OCH3 is 1. The maximum Gasteiger partial charge on any atom is 0.343 e. The third kappa shape index (κ3) is 5.85. The first-order valence-electron chi connectivity index (χ1n) is 10.0. The standard InChI is InChI=1S/C25H26N2O4/c1-18(2)27(22-14-12-21(13-15-22)26-20-9-5-4-6-10-20)25(29)19-8-7-11-23(16-19)31-17-24(28)30-3/h4-16,18,26H,17H2,1-3H3. The third-order valence-electron chi connectivity index (χ3n) is 4.61. The number of nitrogens with zero attached hydrogens (tertiary/aromatic N) is 1. The predicted octanol–water partition coefficient (Wildman–Crippen LogP) is 5.04. The molecule has 0 spiro atoms. The number of amides is 1. The molecule has 6 heteroatoms. The monoisotopic (exact) mass is 418 g/mol.